The van der Waals surface area contributed by atoms with Gasteiger partial charge in [0.2, 0.25) is 0 Å². The van der Waals surface area contributed by atoms with Gasteiger partial charge in [-0.25, -0.2) is 0 Å². The molecule has 112 valence electrons. The number of furan rings is 1. The molecule has 3 rings (SSSR count). The molecule has 0 spiro atoms. The second-order valence-corrected chi connectivity index (χ2v) is 5.63. The van der Waals surface area contributed by atoms with Crippen LogP contribution >= 0.6 is 0 Å². The minimum absolute atomic E-state index is 0.106. The highest BCUT2D eigenvalue weighted by Gasteiger charge is 2.42. The summed E-state index contributed by atoms with van der Waals surface area (Å²) in [5.74, 6) is 0.809. The summed E-state index contributed by atoms with van der Waals surface area (Å²) in [4.78, 5) is 12.0. The highest BCUT2D eigenvalue weighted by atomic mass is 16.4. The van der Waals surface area contributed by atoms with Crippen LogP contribution < -0.4 is 5.32 Å². The summed E-state index contributed by atoms with van der Waals surface area (Å²) >= 11 is 0. The predicted octanol–water partition coefficient (Wildman–Crippen LogP) is 1.42. The molecule has 1 aliphatic rings. The first-order valence-electron chi connectivity index (χ1n) is 7.16. The number of nitrogens with one attached hydrogen (secondary N) is 1. The van der Waals surface area contributed by atoms with Crippen molar-refractivity contribution >= 4 is 5.91 Å². The van der Waals surface area contributed by atoms with E-state index in [9.17, 15) is 4.79 Å². The SMILES string of the molecule is O=C(NCC1(CCO)CC1)c1ccc(Cn2cccn2)o1. The lowest BCUT2D eigenvalue weighted by Gasteiger charge is -2.13. The van der Waals surface area contributed by atoms with Gasteiger partial charge in [0.1, 0.15) is 5.76 Å². The molecule has 0 saturated heterocycles. The van der Waals surface area contributed by atoms with Gasteiger partial charge in [-0.15, -0.1) is 0 Å². The molecule has 6 heteroatoms. The van der Waals surface area contributed by atoms with Crippen LogP contribution in [0, 0.1) is 5.41 Å². The Bertz CT molecular complexity index is 599. The van der Waals surface area contributed by atoms with Gasteiger partial charge in [-0.3, -0.25) is 9.48 Å². The van der Waals surface area contributed by atoms with Crippen LogP contribution in [0.2, 0.25) is 0 Å². The number of carbonyl (C=O) groups excluding carboxylic acids is 1. The summed E-state index contributed by atoms with van der Waals surface area (Å²) in [6.07, 6.45) is 6.42. The highest BCUT2D eigenvalue weighted by Crippen LogP contribution is 2.47. The maximum atomic E-state index is 12.0. The van der Waals surface area contributed by atoms with E-state index in [0.29, 0.717) is 24.6 Å². The maximum absolute atomic E-state index is 12.0. The van der Waals surface area contributed by atoms with Crippen LogP contribution in [-0.4, -0.2) is 33.9 Å². The van der Waals surface area contributed by atoms with Gasteiger partial charge >= 0.3 is 0 Å². The predicted molar refractivity (Wildman–Crippen MR) is 75.7 cm³/mol. The van der Waals surface area contributed by atoms with E-state index in [-0.39, 0.29) is 17.9 Å². The van der Waals surface area contributed by atoms with E-state index in [1.165, 1.54) is 0 Å². The zero-order valence-corrected chi connectivity index (χ0v) is 11.8. The molecule has 21 heavy (non-hydrogen) atoms. The van der Waals surface area contributed by atoms with Gasteiger partial charge in [-0.05, 0) is 42.9 Å². The minimum Gasteiger partial charge on any atom is -0.454 e. The lowest BCUT2D eigenvalue weighted by Crippen LogP contribution is -2.30. The van der Waals surface area contributed by atoms with E-state index in [4.69, 9.17) is 9.52 Å². The maximum Gasteiger partial charge on any atom is 0.287 e. The Morgan fingerprint density at radius 3 is 3.00 bits per heavy atom. The molecule has 1 amide bonds. The van der Waals surface area contributed by atoms with Gasteiger partial charge in [0, 0.05) is 25.5 Å². The third-order valence-electron chi connectivity index (χ3n) is 3.99. The van der Waals surface area contributed by atoms with Crippen molar-refractivity contribution in [3.8, 4) is 0 Å². The molecule has 6 nitrogen and oxygen atoms in total. The van der Waals surface area contributed by atoms with Gasteiger partial charge in [-0.1, -0.05) is 0 Å². The Labute approximate surface area is 122 Å². The fourth-order valence-electron chi connectivity index (χ4n) is 2.42. The summed E-state index contributed by atoms with van der Waals surface area (Å²) in [5.41, 5.74) is 0.106. The molecule has 0 aromatic carbocycles. The van der Waals surface area contributed by atoms with E-state index in [2.05, 4.69) is 10.4 Å². The third kappa shape index (κ3) is 3.33. The first kappa shape index (κ1) is 13.9. The van der Waals surface area contributed by atoms with Gasteiger partial charge in [0.05, 0.1) is 6.54 Å². The lowest BCUT2D eigenvalue weighted by molar-refractivity contribution is 0.0911. The van der Waals surface area contributed by atoms with Crippen molar-refractivity contribution in [1.82, 2.24) is 15.1 Å². The van der Waals surface area contributed by atoms with Gasteiger partial charge in [0.15, 0.2) is 5.76 Å². The molecule has 2 heterocycles. The van der Waals surface area contributed by atoms with E-state index in [0.717, 1.165) is 19.3 Å². The van der Waals surface area contributed by atoms with Crippen molar-refractivity contribution in [2.24, 2.45) is 5.41 Å². The van der Waals surface area contributed by atoms with Crippen molar-refractivity contribution in [1.29, 1.82) is 0 Å². The second-order valence-electron chi connectivity index (χ2n) is 5.63. The number of aliphatic hydroxyl groups is 1. The molecule has 0 atom stereocenters. The summed E-state index contributed by atoms with van der Waals surface area (Å²) in [7, 11) is 0. The van der Waals surface area contributed by atoms with Crippen LogP contribution in [-0.2, 0) is 6.54 Å². The fourth-order valence-corrected chi connectivity index (χ4v) is 2.42. The Hall–Kier alpha value is -2.08. The molecular formula is C15H19N3O3. The number of carbonyl (C=O) groups is 1. The van der Waals surface area contributed by atoms with Gasteiger partial charge < -0.3 is 14.8 Å². The Morgan fingerprint density at radius 2 is 2.33 bits per heavy atom. The number of hydrogen-bond acceptors (Lipinski definition) is 4. The minimum atomic E-state index is -0.203. The van der Waals surface area contributed by atoms with E-state index in [1.54, 1.807) is 23.0 Å². The van der Waals surface area contributed by atoms with Crippen LogP contribution in [0.1, 0.15) is 35.6 Å². The number of amides is 1. The smallest absolute Gasteiger partial charge is 0.287 e. The van der Waals surface area contributed by atoms with Gasteiger partial charge in [0.25, 0.3) is 5.91 Å². The first-order valence-corrected chi connectivity index (χ1v) is 7.16. The molecule has 0 radical (unpaired) electrons. The zero-order chi connectivity index (χ0) is 14.7. The second kappa shape index (κ2) is 5.73. The molecule has 2 N–H and O–H groups in total. The molecule has 1 aliphatic carbocycles. The highest BCUT2D eigenvalue weighted by molar-refractivity contribution is 5.91. The third-order valence-corrected chi connectivity index (χ3v) is 3.99. The molecule has 2 aromatic rings. The average Bonchev–Trinajstić information content (AvgIpc) is 2.91. The number of nitrogens with zero attached hydrogens (tertiary/aromatic N) is 2. The fraction of sp³-hybridized carbons (Fsp3) is 0.467. The summed E-state index contributed by atoms with van der Waals surface area (Å²) in [5, 5.41) is 16.0. The van der Waals surface area contributed by atoms with Gasteiger partial charge in [-0.2, -0.15) is 5.10 Å². The first-order chi connectivity index (χ1) is 10.2. The lowest BCUT2D eigenvalue weighted by atomic mass is 10.0. The Balaban J connectivity index is 1.54. The zero-order valence-electron chi connectivity index (χ0n) is 11.8. The summed E-state index contributed by atoms with van der Waals surface area (Å²) < 4.78 is 7.28. The number of aromatic nitrogens is 2. The Kier molecular flexibility index (Phi) is 3.79. The molecule has 2 aromatic heterocycles. The van der Waals surface area contributed by atoms with Crippen molar-refractivity contribution in [2.45, 2.75) is 25.8 Å². The van der Waals surface area contributed by atoms with Crippen molar-refractivity contribution in [3.63, 3.8) is 0 Å². The average molecular weight is 289 g/mol. The topological polar surface area (TPSA) is 80.3 Å². The van der Waals surface area contributed by atoms with Crippen LogP contribution in [0.4, 0.5) is 0 Å². The molecule has 0 unspecified atom stereocenters. The van der Waals surface area contributed by atoms with Crippen LogP contribution in [0.3, 0.4) is 0 Å². The van der Waals surface area contributed by atoms with E-state index >= 15 is 0 Å². The number of rotatable bonds is 7. The summed E-state index contributed by atoms with van der Waals surface area (Å²) in [6.45, 7) is 1.28. The van der Waals surface area contributed by atoms with Crippen LogP contribution in [0.25, 0.3) is 0 Å². The molecular weight excluding hydrogens is 270 g/mol. The quantitative estimate of drug-likeness (QED) is 0.807. The number of aliphatic hydroxyl groups excluding tert-OH is 1. The van der Waals surface area contributed by atoms with Crippen LogP contribution in [0.15, 0.2) is 35.0 Å². The van der Waals surface area contributed by atoms with E-state index in [1.807, 2.05) is 12.3 Å². The van der Waals surface area contributed by atoms with Crippen molar-refractivity contribution in [3.05, 3.63) is 42.1 Å². The van der Waals surface area contributed by atoms with Crippen LogP contribution in [0.5, 0.6) is 0 Å². The Morgan fingerprint density at radius 1 is 1.48 bits per heavy atom. The normalized spacial score (nSPS) is 15.9. The largest absolute Gasteiger partial charge is 0.454 e. The standard InChI is InChI=1S/C15H19N3O3/c19-9-6-15(4-5-15)11-16-14(20)13-3-2-12(21-13)10-18-8-1-7-17-18/h1-3,7-8,19H,4-6,9-11H2,(H,16,20). The monoisotopic (exact) mass is 289 g/mol. The molecule has 0 bridgehead atoms. The summed E-state index contributed by atoms with van der Waals surface area (Å²) in [6, 6.07) is 5.31. The van der Waals surface area contributed by atoms with E-state index < -0.39 is 0 Å². The van der Waals surface area contributed by atoms with Crippen molar-refractivity contribution in [2.75, 3.05) is 13.2 Å². The molecule has 1 fully saturated rings. The molecule has 0 aliphatic heterocycles. The molecule has 1 saturated carbocycles. The van der Waals surface area contributed by atoms with Crippen molar-refractivity contribution < 1.29 is 14.3 Å². The number of hydrogen-bond donors (Lipinski definition) is 2.